The number of carbonyl (C=O) groups is 1. The van der Waals surface area contributed by atoms with E-state index in [1.165, 1.54) is 0 Å². The van der Waals surface area contributed by atoms with Gasteiger partial charge in [0.25, 0.3) is 0 Å². The fourth-order valence-electron chi connectivity index (χ4n) is 1.30. The van der Waals surface area contributed by atoms with Crippen LogP contribution in [0.5, 0.6) is 5.75 Å². The van der Waals surface area contributed by atoms with Crippen molar-refractivity contribution in [2.24, 2.45) is 11.5 Å². The molecule has 0 fully saturated rings. The van der Waals surface area contributed by atoms with Gasteiger partial charge in [0.05, 0.1) is 13.0 Å². The number of carbonyl (C=O) groups excluding carboxylic acids is 1. The predicted molar refractivity (Wildman–Crippen MR) is 66.2 cm³/mol. The van der Waals surface area contributed by atoms with E-state index < -0.39 is 0 Å². The average Bonchev–Trinajstić information content (AvgIpc) is 2.21. The fourth-order valence-corrected chi connectivity index (χ4v) is 1.71. The molecule has 16 heavy (non-hydrogen) atoms. The van der Waals surface area contributed by atoms with Crippen molar-refractivity contribution in [2.45, 2.75) is 12.8 Å². The van der Waals surface area contributed by atoms with E-state index in [0.29, 0.717) is 13.2 Å². The first kappa shape index (κ1) is 13.0. The zero-order valence-corrected chi connectivity index (χ0v) is 10.5. The Balaban J connectivity index is 2.66. The van der Waals surface area contributed by atoms with E-state index in [-0.39, 0.29) is 12.3 Å². The first-order valence-electron chi connectivity index (χ1n) is 5.03. The summed E-state index contributed by atoms with van der Waals surface area (Å²) < 4.78 is 6.46. The van der Waals surface area contributed by atoms with Gasteiger partial charge in [0.15, 0.2) is 0 Å². The summed E-state index contributed by atoms with van der Waals surface area (Å²) in [6, 6.07) is 5.71. The maximum absolute atomic E-state index is 10.6. The third kappa shape index (κ3) is 4.20. The molecule has 0 spiro atoms. The summed E-state index contributed by atoms with van der Waals surface area (Å²) in [6.45, 7) is 0.858. The van der Waals surface area contributed by atoms with Gasteiger partial charge in [-0.15, -0.1) is 0 Å². The van der Waals surface area contributed by atoms with E-state index in [9.17, 15) is 4.79 Å². The van der Waals surface area contributed by atoms with Crippen LogP contribution in [0.2, 0.25) is 0 Å². The predicted octanol–water partition coefficient (Wildman–Crippen LogP) is 1.20. The van der Waals surface area contributed by atoms with Crippen LogP contribution in [-0.2, 0) is 11.2 Å². The zero-order valence-electron chi connectivity index (χ0n) is 8.91. The number of halogens is 1. The molecule has 1 aromatic rings. The van der Waals surface area contributed by atoms with Crippen molar-refractivity contribution in [1.29, 1.82) is 0 Å². The number of amides is 1. The molecule has 0 aliphatic heterocycles. The third-order valence-electron chi connectivity index (χ3n) is 2.04. The van der Waals surface area contributed by atoms with E-state index in [1.54, 1.807) is 0 Å². The fraction of sp³-hybridized carbons (Fsp3) is 0.364. The van der Waals surface area contributed by atoms with Gasteiger partial charge in [-0.1, -0.05) is 15.9 Å². The van der Waals surface area contributed by atoms with Crippen LogP contribution < -0.4 is 16.2 Å². The minimum atomic E-state index is -0.363. The molecule has 4 N–H and O–H groups in total. The normalized spacial score (nSPS) is 10.1. The van der Waals surface area contributed by atoms with Gasteiger partial charge in [-0.05, 0) is 36.7 Å². The van der Waals surface area contributed by atoms with E-state index in [1.807, 2.05) is 18.2 Å². The van der Waals surface area contributed by atoms with E-state index in [4.69, 9.17) is 16.2 Å². The number of ether oxygens (including phenoxy) is 1. The lowest BCUT2D eigenvalue weighted by Gasteiger charge is -2.10. The SMILES string of the molecule is NCCc1cc(Br)ccc1OCCC(N)=O. The lowest BCUT2D eigenvalue weighted by Crippen LogP contribution is -2.15. The van der Waals surface area contributed by atoms with Crippen LogP contribution in [-0.4, -0.2) is 19.1 Å². The standard InChI is InChI=1S/C11H15BrN2O2/c12-9-1-2-10(8(7-9)3-5-13)16-6-4-11(14)15/h1-2,7H,3-6,13H2,(H2,14,15). The monoisotopic (exact) mass is 286 g/mol. The van der Waals surface area contributed by atoms with Gasteiger partial charge < -0.3 is 16.2 Å². The van der Waals surface area contributed by atoms with E-state index in [2.05, 4.69) is 15.9 Å². The van der Waals surface area contributed by atoms with Crippen molar-refractivity contribution >= 4 is 21.8 Å². The summed E-state index contributed by atoms with van der Waals surface area (Å²) in [6.07, 6.45) is 0.962. The highest BCUT2D eigenvalue weighted by molar-refractivity contribution is 9.10. The van der Waals surface area contributed by atoms with Gasteiger partial charge in [0.2, 0.25) is 5.91 Å². The Bertz CT molecular complexity index is 369. The molecule has 0 saturated heterocycles. The van der Waals surface area contributed by atoms with Crippen LogP contribution in [0.1, 0.15) is 12.0 Å². The maximum atomic E-state index is 10.6. The van der Waals surface area contributed by atoms with Crippen molar-refractivity contribution in [2.75, 3.05) is 13.2 Å². The first-order chi connectivity index (χ1) is 7.63. The van der Waals surface area contributed by atoms with Gasteiger partial charge in [0, 0.05) is 4.47 Å². The zero-order chi connectivity index (χ0) is 12.0. The molecule has 1 amide bonds. The van der Waals surface area contributed by atoms with Crippen molar-refractivity contribution in [1.82, 2.24) is 0 Å². The van der Waals surface area contributed by atoms with Crippen LogP contribution in [0, 0.1) is 0 Å². The molecule has 0 heterocycles. The molecule has 4 nitrogen and oxygen atoms in total. The minimum absolute atomic E-state index is 0.220. The summed E-state index contributed by atoms with van der Waals surface area (Å²) in [4.78, 5) is 10.6. The molecule has 0 saturated carbocycles. The first-order valence-corrected chi connectivity index (χ1v) is 5.82. The number of hydrogen-bond acceptors (Lipinski definition) is 3. The summed E-state index contributed by atoms with van der Waals surface area (Å²) in [5, 5.41) is 0. The Morgan fingerprint density at radius 1 is 1.44 bits per heavy atom. The molecule has 0 radical (unpaired) electrons. The molecular weight excluding hydrogens is 272 g/mol. The Hall–Kier alpha value is -1.07. The van der Waals surface area contributed by atoms with Gasteiger partial charge in [-0.2, -0.15) is 0 Å². The lowest BCUT2D eigenvalue weighted by molar-refractivity contribution is -0.118. The highest BCUT2D eigenvalue weighted by Crippen LogP contribution is 2.23. The molecule has 0 aliphatic rings. The Morgan fingerprint density at radius 2 is 2.19 bits per heavy atom. The van der Waals surface area contributed by atoms with E-state index in [0.717, 1.165) is 22.2 Å². The third-order valence-corrected chi connectivity index (χ3v) is 2.54. The Kier molecular flexibility index (Phi) is 5.28. The largest absolute Gasteiger partial charge is 0.493 e. The molecule has 1 rings (SSSR count). The summed E-state index contributed by atoms with van der Waals surface area (Å²) in [7, 11) is 0. The quantitative estimate of drug-likeness (QED) is 0.825. The Labute approximate surface area is 103 Å². The molecular formula is C11H15BrN2O2. The van der Waals surface area contributed by atoms with Crippen molar-refractivity contribution < 1.29 is 9.53 Å². The van der Waals surface area contributed by atoms with Crippen LogP contribution in [0.3, 0.4) is 0 Å². The number of rotatable bonds is 6. The molecule has 0 unspecified atom stereocenters. The van der Waals surface area contributed by atoms with Gasteiger partial charge >= 0.3 is 0 Å². The molecule has 88 valence electrons. The average molecular weight is 287 g/mol. The van der Waals surface area contributed by atoms with Gasteiger partial charge in [-0.25, -0.2) is 0 Å². The molecule has 0 aliphatic carbocycles. The molecule has 1 aromatic carbocycles. The number of hydrogen-bond donors (Lipinski definition) is 2. The second-order valence-electron chi connectivity index (χ2n) is 3.36. The second kappa shape index (κ2) is 6.50. The van der Waals surface area contributed by atoms with Gasteiger partial charge in [0.1, 0.15) is 5.75 Å². The van der Waals surface area contributed by atoms with E-state index >= 15 is 0 Å². The van der Waals surface area contributed by atoms with Crippen LogP contribution in [0.4, 0.5) is 0 Å². The second-order valence-corrected chi connectivity index (χ2v) is 4.27. The van der Waals surface area contributed by atoms with Crippen LogP contribution in [0.15, 0.2) is 22.7 Å². The summed E-state index contributed by atoms with van der Waals surface area (Å²) >= 11 is 3.39. The van der Waals surface area contributed by atoms with Crippen LogP contribution >= 0.6 is 15.9 Å². The number of primary amides is 1. The smallest absolute Gasteiger partial charge is 0.220 e. The maximum Gasteiger partial charge on any atom is 0.220 e. The molecule has 0 aromatic heterocycles. The van der Waals surface area contributed by atoms with Crippen molar-refractivity contribution in [3.63, 3.8) is 0 Å². The molecule has 0 bridgehead atoms. The summed E-state index contributed by atoms with van der Waals surface area (Å²) in [5.41, 5.74) is 11.6. The number of benzene rings is 1. The lowest BCUT2D eigenvalue weighted by atomic mass is 10.1. The highest BCUT2D eigenvalue weighted by atomic mass is 79.9. The van der Waals surface area contributed by atoms with Crippen molar-refractivity contribution in [3.05, 3.63) is 28.2 Å². The summed E-state index contributed by atoms with van der Waals surface area (Å²) in [5.74, 6) is 0.396. The topological polar surface area (TPSA) is 78.3 Å². The minimum Gasteiger partial charge on any atom is -0.493 e. The highest BCUT2D eigenvalue weighted by Gasteiger charge is 2.04. The molecule has 0 atom stereocenters. The number of nitrogens with two attached hydrogens (primary N) is 2. The molecule has 5 heteroatoms. The van der Waals surface area contributed by atoms with Gasteiger partial charge in [-0.3, -0.25) is 4.79 Å². The van der Waals surface area contributed by atoms with Crippen LogP contribution in [0.25, 0.3) is 0 Å². The van der Waals surface area contributed by atoms with Crippen molar-refractivity contribution in [3.8, 4) is 5.75 Å². The Morgan fingerprint density at radius 3 is 2.81 bits per heavy atom.